The lowest BCUT2D eigenvalue weighted by atomic mass is 10.1. The first-order valence-electron chi connectivity index (χ1n) is 10.8. The first-order chi connectivity index (χ1) is 15.5. The van der Waals surface area contributed by atoms with Gasteiger partial charge < -0.3 is 18.8 Å². The average molecular weight is 475 g/mol. The van der Waals surface area contributed by atoms with Crippen LogP contribution in [0.25, 0.3) is 10.2 Å². The maximum Gasteiger partial charge on any atom is 0.279 e. The van der Waals surface area contributed by atoms with Crippen molar-refractivity contribution < 1.29 is 19.0 Å². The molecule has 0 aliphatic carbocycles. The fraction of sp³-hybridized carbons (Fsp3) is 0.417. The Labute approximate surface area is 197 Å². The summed E-state index contributed by atoms with van der Waals surface area (Å²) in [7, 11) is 0. The second-order valence-corrected chi connectivity index (χ2v) is 9.01. The van der Waals surface area contributed by atoms with Crippen LogP contribution in [0.2, 0.25) is 0 Å². The standard InChI is InChI=1S/C24H30N2O4S2/c1-6-28-19-14-17(15-20(29-7-2)22(19)30-8-3)23(27)25-24-26(11-12-31-5)18-10-9-16(4)13-21(18)32-24/h9-10,13-15H,6-8,11-12H2,1-5H3. The second kappa shape index (κ2) is 11.4. The molecule has 1 aromatic heterocycles. The Bertz CT molecular complexity index is 1120. The van der Waals surface area contributed by atoms with Gasteiger partial charge in [-0.3, -0.25) is 4.79 Å². The minimum absolute atomic E-state index is 0.337. The van der Waals surface area contributed by atoms with Gasteiger partial charge in [0.15, 0.2) is 16.3 Å². The number of aromatic nitrogens is 1. The molecule has 0 aliphatic heterocycles. The van der Waals surface area contributed by atoms with Gasteiger partial charge in [-0.2, -0.15) is 16.8 Å². The number of aryl methyl sites for hydroxylation is 2. The van der Waals surface area contributed by atoms with Gasteiger partial charge in [0.05, 0.1) is 30.0 Å². The van der Waals surface area contributed by atoms with Crippen LogP contribution < -0.4 is 19.0 Å². The fourth-order valence-electron chi connectivity index (χ4n) is 3.33. The molecule has 0 unspecified atom stereocenters. The maximum absolute atomic E-state index is 13.2. The van der Waals surface area contributed by atoms with Crippen molar-refractivity contribution in [1.29, 1.82) is 0 Å². The number of nitrogens with zero attached hydrogens (tertiary/aromatic N) is 2. The molecule has 1 amide bonds. The highest BCUT2D eigenvalue weighted by Crippen LogP contribution is 2.39. The predicted octanol–water partition coefficient (Wildman–Crippen LogP) is 5.31. The molecule has 0 saturated carbocycles. The van der Waals surface area contributed by atoms with Crippen LogP contribution in [0.15, 0.2) is 35.3 Å². The summed E-state index contributed by atoms with van der Waals surface area (Å²) in [6.07, 6.45) is 2.08. The smallest absolute Gasteiger partial charge is 0.279 e. The van der Waals surface area contributed by atoms with E-state index in [2.05, 4.69) is 40.9 Å². The van der Waals surface area contributed by atoms with Crippen molar-refractivity contribution in [1.82, 2.24) is 4.57 Å². The van der Waals surface area contributed by atoms with Gasteiger partial charge in [-0.05, 0) is 63.8 Å². The van der Waals surface area contributed by atoms with Crippen LogP contribution in [0.5, 0.6) is 17.2 Å². The van der Waals surface area contributed by atoms with E-state index in [0.29, 0.717) is 47.4 Å². The fourth-order valence-corrected chi connectivity index (χ4v) is 4.85. The molecule has 32 heavy (non-hydrogen) atoms. The summed E-state index contributed by atoms with van der Waals surface area (Å²) in [6.45, 7) is 9.90. The van der Waals surface area contributed by atoms with Gasteiger partial charge in [0.25, 0.3) is 5.91 Å². The van der Waals surface area contributed by atoms with Gasteiger partial charge in [0, 0.05) is 17.9 Å². The SMILES string of the molecule is CCOc1cc(C(=O)N=c2sc3cc(C)ccc3n2CCSC)cc(OCC)c1OCC. The van der Waals surface area contributed by atoms with E-state index in [0.717, 1.165) is 22.5 Å². The van der Waals surface area contributed by atoms with Crippen LogP contribution in [-0.2, 0) is 6.54 Å². The summed E-state index contributed by atoms with van der Waals surface area (Å²) in [5, 5.41) is 0. The zero-order chi connectivity index (χ0) is 23.1. The Morgan fingerprint density at radius 1 is 1.03 bits per heavy atom. The van der Waals surface area contributed by atoms with Crippen molar-refractivity contribution in [3.8, 4) is 17.2 Å². The summed E-state index contributed by atoms with van der Waals surface area (Å²) in [6, 6.07) is 9.70. The Kier molecular flexibility index (Phi) is 8.64. The van der Waals surface area contributed by atoms with E-state index in [4.69, 9.17) is 14.2 Å². The highest BCUT2D eigenvalue weighted by molar-refractivity contribution is 7.98. The number of ether oxygens (including phenoxy) is 3. The number of thiazole rings is 1. The molecular weight excluding hydrogens is 444 g/mol. The molecule has 0 aliphatic rings. The Morgan fingerprint density at radius 2 is 1.69 bits per heavy atom. The monoisotopic (exact) mass is 474 g/mol. The molecule has 3 aromatic rings. The topological polar surface area (TPSA) is 62.0 Å². The minimum Gasteiger partial charge on any atom is -0.490 e. The molecule has 8 heteroatoms. The molecule has 2 aromatic carbocycles. The summed E-state index contributed by atoms with van der Waals surface area (Å²) >= 11 is 3.30. The largest absolute Gasteiger partial charge is 0.490 e. The molecule has 0 N–H and O–H groups in total. The summed E-state index contributed by atoms with van der Waals surface area (Å²) in [4.78, 5) is 18.4. The maximum atomic E-state index is 13.2. The van der Waals surface area contributed by atoms with Gasteiger partial charge in [-0.25, -0.2) is 0 Å². The zero-order valence-corrected chi connectivity index (χ0v) is 20.9. The van der Waals surface area contributed by atoms with Gasteiger partial charge in [0.2, 0.25) is 5.75 Å². The lowest BCUT2D eigenvalue weighted by Crippen LogP contribution is -2.18. The van der Waals surface area contributed by atoms with E-state index in [1.54, 1.807) is 23.9 Å². The molecule has 0 fully saturated rings. The first-order valence-corrected chi connectivity index (χ1v) is 13.0. The highest BCUT2D eigenvalue weighted by Gasteiger charge is 2.18. The Balaban J connectivity index is 2.11. The Hall–Kier alpha value is -2.45. The predicted molar refractivity (Wildman–Crippen MR) is 133 cm³/mol. The van der Waals surface area contributed by atoms with E-state index in [1.165, 1.54) is 16.9 Å². The summed E-state index contributed by atoms with van der Waals surface area (Å²) in [5.74, 6) is 2.09. The van der Waals surface area contributed by atoms with E-state index in [-0.39, 0.29) is 5.91 Å². The third-order valence-corrected chi connectivity index (χ3v) is 6.34. The Morgan fingerprint density at radius 3 is 2.28 bits per heavy atom. The molecule has 172 valence electrons. The van der Waals surface area contributed by atoms with Crippen LogP contribution in [0.3, 0.4) is 0 Å². The molecule has 0 bridgehead atoms. The minimum atomic E-state index is -0.337. The number of carbonyl (C=O) groups excluding carboxylic acids is 1. The van der Waals surface area contributed by atoms with Crippen LogP contribution in [0, 0.1) is 6.92 Å². The third-order valence-electron chi connectivity index (χ3n) is 4.71. The summed E-state index contributed by atoms with van der Waals surface area (Å²) < 4.78 is 20.5. The lowest BCUT2D eigenvalue weighted by Gasteiger charge is -2.16. The van der Waals surface area contributed by atoms with Crippen molar-refractivity contribution in [2.75, 3.05) is 31.8 Å². The van der Waals surface area contributed by atoms with Crippen molar-refractivity contribution in [3.05, 3.63) is 46.3 Å². The average Bonchev–Trinajstić information content (AvgIpc) is 3.10. The zero-order valence-electron chi connectivity index (χ0n) is 19.3. The first kappa shape index (κ1) is 24.2. The second-order valence-electron chi connectivity index (χ2n) is 7.02. The van der Waals surface area contributed by atoms with E-state index >= 15 is 0 Å². The lowest BCUT2D eigenvalue weighted by molar-refractivity contribution is 0.0996. The van der Waals surface area contributed by atoms with E-state index in [9.17, 15) is 4.79 Å². The number of thioether (sulfide) groups is 1. The number of fused-ring (bicyclic) bond motifs is 1. The molecule has 0 atom stereocenters. The van der Waals surface area contributed by atoms with Gasteiger partial charge in [-0.1, -0.05) is 17.4 Å². The van der Waals surface area contributed by atoms with Gasteiger partial charge in [-0.15, -0.1) is 0 Å². The van der Waals surface area contributed by atoms with Crippen molar-refractivity contribution >= 4 is 39.2 Å². The van der Waals surface area contributed by atoms with Crippen molar-refractivity contribution in [2.45, 2.75) is 34.2 Å². The molecule has 6 nitrogen and oxygen atoms in total. The van der Waals surface area contributed by atoms with Gasteiger partial charge >= 0.3 is 0 Å². The normalized spacial score (nSPS) is 11.7. The number of carbonyl (C=O) groups is 1. The summed E-state index contributed by atoms with van der Waals surface area (Å²) in [5.41, 5.74) is 2.69. The van der Waals surface area contributed by atoms with Crippen LogP contribution >= 0.6 is 23.1 Å². The highest BCUT2D eigenvalue weighted by atomic mass is 32.2. The van der Waals surface area contributed by atoms with Crippen LogP contribution in [0.1, 0.15) is 36.7 Å². The third kappa shape index (κ3) is 5.48. The van der Waals surface area contributed by atoms with Crippen LogP contribution in [0.4, 0.5) is 0 Å². The van der Waals surface area contributed by atoms with E-state index < -0.39 is 0 Å². The van der Waals surface area contributed by atoms with Crippen molar-refractivity contribution in [3.63, 3.8) is 0 Å². The number of amides is 1. The van der Waals surface area contributed by atoms with Crippen molar-refractivity contribution in [2.24, 2.45) is 4.99 Å². The molecule has 0 saturated heterocycles. The quantitative estimate of drug-likeness (QED) is 0.398. The number of hydrogen-bond acceptors (Lipinski definition) is 6. The number of rotatable bonds is 10. The molecule has 0 radical (unpaired) electrons. The number of hydrogen-bond donors (Lipinski definition) is 0. The molecular formula is C24H30N2O4S2. The molecule has 1 heterocycles. The van der Waals surface area contributed by atoms with Gasteiger partial charge in [0.1, 0.15) is 0 Å². The number of benzene rings is 2. The molecule has 0 spiro atoms. The molecule has 3 rings (SSSR count). The van der Waals surface area contributed by atoms with E-state index in [1.807, 2.05) is 20.8 Å². The van der Waals surface area contributed by atoms with Crippen LogP contribution in [-0.4, -0.2) is 42.3 Å².